The predicted molar refractivity (Wildman–Crippen MR) is 87.6 cm³/mol. The van der Waals surface area contributed by atoms with Gasteiger partial charge >= 0.3 is 0 Å². The molecule has 0 spiro atoms. The molecule has 0 saturated heterocycles. The predicted octanol–water partition coefficient (Wildman–Crippen LogP) is 3.46. The number of rotatable bonds is 8. The van der Waals surface area contributed by atoms with Crippen LogP contribution in [-0.2, 0) is 21.4 Å². The van der Waals surface area contributed by atoms with Gasteiger partial charge in [-0.25, -0.2) is 0 Å². The lowest BCUT2D eigenvalue weighted by Crippen LogP contribution is -2.25. The van der Waals surface area contributed by atoms with Crippen LogP contribution in [-0.4, -0.2) is 25.7 Å². The number of hydrogen-bond acceptors (Lipinski definition) is 2. The minimum atomic E-state index is 0.117. The van der Waals surface area contributed by atoms with E-state index in [4.69, 9.17) is 4.74 Å². The second-order valence-electron chi connectivity index (χ2n) is 6.35. The van der Waals surface area contributed by atoms with Crippen LogP contribution >= 0.6 is 0 Å². The van der Waals surface area contributed by atoms with E-state index >= 15 is 0 Å². The molecule has 118 valence electrons. The minimum Gasteiger partial charge on any atom is -0.382 e. The molecule has 3 heteroatoms. The highest BCUT2D eigenvalue weighted by Crippen LogP contribution is 2.22. The number of benzene rings is 1. The second kappa shape index (κ2) is 8.83. The van der Waals surface area contributed by atoms with E-state index in [0.29, 0.717) is 19.6 Å². The molecule has 1 N–H and O–H groups in total. The molecule has 0 heterocycles. The molecule has 0 aliphatic carbocycles. The number of aryl methyl sites for hydroxylation is 1. The van der Waals surface area contributed by atoms with Crippen molar-refractivity contribution in [3.63, 3.8) is 0 Å². The number of amides is 1. The average molecular weight is 291 g/mol. The molecule has 0 aliphatic rings. The Labute approximate surface area is 129 Å². The van der Waals surface area contributed by atoms with Gasteiger partial charge in [-0.2, -0.15) is 0 Å². The molecule has 1 amide bonds. The first-order valence-corrected chi connectivity index (χ1v) is 7.87. The summed E-state index contributed by atoms with van der Waals surface area (Å²) in [6, 6.07) is 8.58. The van der Waals surface area contributed by atoms with Crippen LogP contribution in [0, 0.1) is 0 Å². The van der Waals surface area contributed by atoms with Crippen molar-refractivity contribution < 1.29 is 9.53 Å². The Bertz CT molecular complexity index is 418. The number of nitrogens with one attached hydrogen (secondary N) is 1. The molecule has 1 aromatic rings. The van der Waals surface area contributed by atoms with E-state index in [1.54, 1.807) is 0 Å². The summed E-state index contributed by atoms with van der Waals surface area (Å²) in [4.78, 5) is 11.7. The normalized spacial score (nSPS) is 11.4. The van der Waals surface area contributed by atoms with Gasteiger partial charge in [-0.15, -0.1) is 0 Å². The molecule has 0 unspecified atom stereocenters. The van der Waals surface area contributed by atoms with Gasteiger partial charge in [-0.1, -0.05) is 45.0 Å². The Morgan fingerprint density at radius 2 is 1.86 bits per heavy atom. The zero-order valence-corrected chi connectivity index (χ0v) is 13.9. The third-order valence-electron chi connectivity index (χ3n) is 3.45. The fourth-order valence-electron chi connectivity index (χ4n) is 2.06. The molecule has 21 heavy (non-hydrogen) atoms. The van der Waals surface area contributed by atoms with E-state index in [2.05, 4.69) is 50.4 Å². The third-order valence-corrected chi connectivity index (χ3v) is 3.45. The lowest BCUT2D eigenvalue weighted by atomic mass is 9.86. The van der Waals surface area contributed by atoms with Crippen LogP contribution in [0.1, 0.15) is 51.7 Å². The quantitative estimate of drug-likeness (QED) is 0.745. The Hall–Kier alpha value is -1.35. The lowest BCUT2D eigenvalue weighted by Gasteiger charge is -2.19. The van der Waals surface area contributed by atoms with Gasteiger partial charge in [0.15, 0.2) is 0 Å². The molecule has 0 radical (unpaired) electrons. The van der Waals surface area contributed by atoms with Crippen LogP contribution in [0.4, 0.5) is 0 Å². The van der Waals surface area contributed by atoms with Gasteiger partial charge in [0.1, 0.15) is 0 Å². The first-order chi connectivity index (χ1) is 9.93. The highest BCUT2D eigenvalue weighted by Gasteiger charge is 2.12. The van der Waals surface area contributed by atoms with Crippen LogP contribution < -0.4 is 5.32 Å². The Morgan fingerprint density at radius 3 is 2.43 bits per heavy atom. The second-order valence-corrected chi connectivity index (χ2v) is 6.35. The molecule has 3 nitrogen and oxygen atoms in total. The maximum absolute atomic E-state index is 11.7. The largest absolute Gasteiger partial charge is 0.382 e. The van der Waals surface area contributed by atoms with Gasteiger partial charge in [-0.05, 0) is 36.3 Å². The van der Waals surface area contributed by atoms with Crippen molar-refractivity contribution in [2.75, 3.05) is 19.8 Å². The van der Waals surface area contributed by atoms with Crippen LogP contribution in [0.15, 0.2) is 24.3 Å². The average Bonchev–Trinajstić information content (AvgIpc) is 2.44. The zero-order valence-electron chi connectivity index (χ0n) is 13.9. The maximum atomic E-state index is 11.7. The molecule has 0 aromatic heterocycles. The molecule has 1 aromatic carbocycles. The van der Waals surface area contributed by atoms with Gasteiger partial charge in [0.05, 0.1) is 0 Å². The summed E-state index contributed by atoms with van der Waals surface area (Å²) in [5.74, 6) is 0.117. The number of carbonyl (C=O) groups excluding carboxylic acids is 1. The van der Waals surface area contributed by atoms with Crippen molar-refractivity contribution in [3.8, 4) is 0 Å². The minimum absolute atomic E-state index is 0.117. The summed E-state index contributed by atoms with van der Waals surface area (Å²) < 4.78 is 5.23. The molecule has 0 bridgehead atoms. The van der Waals surface area contributed by atoms with Crippen molar-refractivity contribution in [1.82, 2.24) is 5.32 Å². The topological polar surface area (TPSA) is 38.3 Å². The first kappa shape index (κ1) is 17.7. The van der Waals surface area contributed by atoms with Gasteiger partial charge in [0.2, 0.25) is 5.91 Å². The van der Waals surface area contributed by atoms with Crippen LogP contribution in [0.25, 0.3) is 0 Å². The Morgan fingerprint density at radius 1 is 1.19 bits per heavy atom. The molecule has 0 saturated carbocycles. The van der Waals surface area contributed by atoms with Crippen molar-refractivity contribution in [3.05, 3.63) is 35.4 Å². The summed E-state index contributed by atoms with van der Waals surface area (Å²) in [6.45, 7) is 10.7. The summed E-state index contributed by atoms with van der Waals surface area (Å²) in [5.41, 5.74) is 2.72. The van der Waals surface area contributed by atoms with Crippen LogP contribution in [0.5, 0.6) is 0 Å². The first-order valence-electron chi connectivity index (χ1n) is 7.87. The molecule has 1 rings (SSSR count). The van der Waals surface area contributed by atoms with E-state index in [1.807, 2.05) is 6.92 Å². The monoisotopic (exact) mass is 291 g/mol. The van der Waals surface area contributed by atoms with E-state index in [9.17, 15) is 4.79 Å². The number of ether oxygens (including phenoxy) is 1. The fourth-order valence-corrected chi connectivity index (χ4v) is 2.06. The van der Waals surface area contributed by atoms with Crippen molar-refractivity contribution in [1.29, 1.82) is 0 Å². The van der Waals surface area contributed by atoms with Crippen molar-refractivity contribution >= 4 is 5.91 Å². The zero-order chi connectivity index (χ0) is 15.7. The summed E-state index contributed by atoms with van der Waals surface area (Å²) >= 11 is 0. The van der Waals surface area contributed by atoms with Crippen molar-refractivity contribution in [2.45, 2.75) is 52.4 Å². The van der Waals surface area contributed by atoms with E-state index in [0.717, 1.165) is 19.4 Å². The van der Waals surface area contributed by atoms with Gasteiger partial charge in [0.25, 0.3) is 0 Å². The Kier molecular flexibility index (Phi) is 7.44. The standard InChI is InChI=1S/C18H29NO2/c1-5-21-14-6-13-19-17(20)12-9-15-7-10-16(11-8-15)18(2,3)4/h7-8,10-11H,5-6,9,12-14H2,1-4H3,(H,19,20). The highest BCUT2D eigenvalue weighted by molar-refractivity contribution is 5.76. The SMILES string of the molecule is CCOCCCNC(=O)CCc1ccc(C(C)(C)C)cc1. The summed E-state index contributed by atoms with van der Waals surface area (Å²) in [6.07, 6.45) is 2.21. The number of carbonyl (C=O) groups is 1. The molecule has 0 fully saturated rings. The van der Waals surface area contributed by atoms with Gasteiger partial charge in [-0.3, -0.25) is 4.79 Å². The molecular weight excluding hydrogens is 262 g/mol. The molecule has 0 aliphatic heterocycles. The fraction of sp³-hybridized carbons (Fsp3) is 0.611. The van der Waals surface area contributed by atoms with Crippen LogP contribution in [0.2, 0.25) is 0 Å². The molecule has 0 atom stereocenters. The third kappa shape index (κ3) is 7.28. The highest BCUT2D eigenvalue weighted by atomic mass is 16.5. The lowest BCUT2D eigenvalue weighted by molar-refractivity contribution is -0.121. The maximum Gasteiger partial charge on any atom is 0.220 e. The van der Waals surface area contributed by atoms with Crippen molar-refractivity contribution in [2.24, 2.45) is 0 Å². The van der Waals surface area contributed by atoms with Gasteiger partial charge < -0.3 is 10.1 Å². The summed E-state index contributed by atoms with van der Waals surface area (Å²) in [7, 11) is 0. The Balaban J connectivity index is 2.27. The van der Waals surface area contributed by atoms with E-state index in [1.165, 1.54) is 11.1 Å². The number of hydrogen-bond donors (Lipinski definition) is 1. The van der Waals surface area contributed by atoms with Crippen LogP contribution in [0.3, 0.4) is 0 Å². The van der Waals surface area contributed by atoms with Gasteiger partial charge in [0, 0.05) is 26.2 Å². The smallest absolute Gasteiger partial charge is 0.220 e. The molecular formula is C18H29NO2. The van der Waals surface area contributed by atoms with E-state index in [-0.39, 0.29) is 11.3 Å². The summed E-state index contributed by atoms with van der Waals surface area (Å²) in [5, 5.41) is 2.93. The van der Waals surface area contributed by atoms with E-state index < -0.39 is 0 Å².